The van der Waals surface area contributed by atoms with Gasteiger partial charge in [0, 0.05) is 18.2 Å². The molecule has 2 fully saturated rings. The lowest BCUT2D eigenvalue weighted by molar-refractivity contribution is -0.140. The van der Waals surface area contributed by atoms with Crippen LogP contribution in [-0.4, -0.2) is 41.2 Å². The van der Waals surface area contributed by atoms with Crippen molar-refractivity contribution in [2.24, 2.45) is 0 Å². The smallest absolute Gasteiger partial charge is 0.252 e. The Hall–Kier alpha value is -3.15. The fourth-order valence-electron chi connectivity index (χ4n) is 4.81. The molecule has 168 valence electrons. The Kier molecular flexibility index (Phi) is 6.88. The molecule has 0 aromatic heterocycles. The molecule has 2 aliphatic rings. The van der Waals surface area contributed by atoms with Gasteiger partial charge >= 0.3 is 0 Å². The topological polar surface area (TPSA) is 78.5 Å². The van der Waals surface area contributed by atoms with Gasteiger partial charge in [0.2, 0.25) is 11.8 Å². The molecule has 2 aromatic carbocycles. The summed E-state index contributed by atoms with van der Waals surface area (Å²) >= 11 is 0. The fourth-order valence-corrected chi connectivity index (χ4v) is 4.81. The van der Waals surface area contributed by atoms with Crippen LogP contribution in [0.15, 0.2) is 54.6 Å². The molecule has 2 aromatic rings. The van der Waals surface area contributed by atoms with Gasteiger partial charge in [0.25, 0.3) is 5.91 Å². The Morgan fingerprint density at radius 1 is 0.906 bits per heavy atom. The summed E-state index contributed by atoms with van der Waals surface area (Å²) in [6, 6.07) is 15.5. The SMILES string of the molecule is Cc1ccccc1C(=O)N[C@H](C(=O)N1CCC[C@H]1C(=O)NC1CCCC1)c1ccccc1. The number of hydrogen-bond donors (Lipinski definition) is 2. The molecule has 2 atom stereocenters. The van der Waals surface area contributed by atoms with E-state index < -0.39 is 12.1 Å². The van der Waals surface area contributed by atoms with E-state index in [9.17, 15) is 14.4 Å². The monoisotopic (exact) mass is 433 g/mol. The molecule has 0 unspecified atom stereocenters. The number of likely N-dealkylation sites (tertiary alicyclic amines) is 1. The molecule has 6 heteroatoms. The molecule has 3 amide bonds. The van der Waals surface area contributed by atoms with E-state index in [0.717, 1.165) is 37.7 Å². The molecule has 6 nitrogen and oxygen atoms in total. The van der Waals surface area contributed by atoms with E-state index in [4.69, 9.17) is 0 Å². The van der Waals surface area contributed by atoms with Crippen LogP contribution in [0.2, 0.25) is 0 Å². The summed E-state index contributed by atoms with van der Waals surface area (Å²) in [6.45, 7) is 2.39. The molecule has 1 saturated heterocycles. The summed E-state index contributed by atoms with van der Waals surface area (Å²) < 4.78 is 0. The number of rotatable bonds is 6. The minimum Gasteiger partial charge on any atom is -0.352 e. The first-order valence-electron chi connectivity index (χ1n) is 11.6. The predicted molar refractivity (Wildman–Crippen MR) is 123 cm³/mol. The van der Waals surface area contributed by atoms with E-state index in [1.807, 2.05) is 55.5 Å². The van der Waals surface area contributed by atoms with Crippen LogP contribution in [0.5, 0.6) is 0 Å². The van der Waals surface area contributed by atoms with Gasteiger partial charge in [-0.2, -0.15) is 0 Å². The van der Waals surface area contributed by atoms with Gasteiger partial charge in [0.05, 0.1) is 0 Å². The maximum Gasteiger partial charge on any atom is 0.252 e. The number of aryl methyl sites for hydroxylation is 1. The van der Waals surface area contributed by atoms with Crippen molar-refractivity contribution in [1.29, 1.82) is 0 Å². The molecule has 1 aliphatic carbocycles. The maximum atomic E-state index is 13.7. The molecule has 1 heterocycles. The zero-order valence-electron chi connectivity index (χ0n) is 18.5. The van der Waals surface area contributed by atoms with E-state index in [-0.39, 0.29) is 23.8 Å². The highest BCUT2D eigenvalue weighted by atomic mass is 16.2. The molecule has 1 saturated carbocycles. The third-order valence-corrected chi connectivity index (χ3v) is 6.59. The van der Waals surface area contributed by atoms with Crippen molar-refractivity contribution in [1.82, 2.24) is 15.5 Å². The van der Waals surface area contributed by atoms with Crippen molar-refractivity contribution in [3.8, 4) is 0 Å². The standard InChI is InChI=1S/C26H31N3O3/c1-18-10-5-8-15-21(18)24(30)28-23(19-11-3-2-4-12-19)26(32)29-17-9-16-22(29)25(31)27-20-13-6-7-14-20/h2-5,8,10-12,15,20,22-23H,6-7,9,13-14,16-17H2,1H3,(H,27,31)(H,28,30)/t22-,23-/m0/s1. The Morgan fingerprint density at radius 3 is 2.31 bits per heavy atom. The third kappa shape index (κ3) is 4.85. The quantitative estimate of drug-likeness (QED) is 0.732. The first kappa shape index (κ1) is 22.1. The van der Waals surface area contributed by atoms with Crippen LogP contribution in [0.1, 0.15) is 66.1 Å². The number of nitrogens with one attached hydrogen (secondary N) is 2. The zero-order valence-corrected chi connectivity index (χ0v) is 18.5. The van der Waals surface area contributed by atoms with Crippen molar-refractivity contribution in [2.45, 2.75) is 63.6 Å². The highest BCUT2D eigenvalue weighted by Gasteiger charge is 2.39. The highest BCUT2D eigenvalue weighted by molar-refractivity contribution is 5.99. The van der Waals surface area contributed by atoms with Crippen LogP contribution < -0.4 is 10.6 Å². The van der Waals surface area contributed by atoms with Crippen LogP contribution in [-0.2, 0) is 9.59 Å². The van der Waals surface area contributed by atoms with E-state index in [2.05, 4.69) is 10.6 Å². The number of hydrogen-bond acceptors (Lipinski definition) is 3. The molecule has 32 heavy (non-hydrogen) atoms. The third-order valence-electron chi connectivity index (χ3n) is 6.59. The van der Waals surface area contributed by atoms with Crippen LogP contribution >= 0.6 is 0 Å². The normalized spacial score (nSPS) is 19.5. The number of carbonyl (C=O) groups is 3. The summed E-state index contributed by atoms with van der Waals surface area (Å²) in [5.74, 6) is -0.599. The Bertz CT molecular complexity index is 969. The molecule has 0 radical (unpaired) electrons. The first-order valence-corrected chi connectivity index (χ1v) is 11.6. The van der Waals surface area contributed by atoms with Crippen molar-refractivity contribution in [3.05, 3.63) is 71.3 Å². The van der Waals surface area contributed by atoms with Crippen LogP contribution in [0.25, 0.3) is 0 Å². The van der Waals surface area contributed by atoms with Crippen LogP contribution in [0.4, 0.5) is 0 Å². The lowest BCUT2D eigenvalue weighted by Crippen LogP contribution is -2.51. The van der Waals surface area contributed by atoms with Crippen molar-refractivity contribution in [3.63, 3.8) is 0 Å². The second-order valence-corrected chi connectivity index (χ2v) is 8.81. The number of nitrogens with zero attached hydrogens (tertiary/aromatic N) is 1. The number of benzene rings is 2. The van der Waals surface area contributed by atoms with Gasteiger partial charge in [-0.05, 0) is 49.8 Å². The average molecular weight is 434 g/mol. The Labute approximate surface area is 189 Å². The largest absolute Gasteiger partial charge is 0.352 e. The molecular weight excluding hydrogens is 402 g/mol. The molecule has 0 spiro atoms. The first-order chi connectivity index (χ1) is 15.5. The Morgan fingerprint density at radius 2 is 1.59 bits per heavy atom. The second-order valence-electron chi connectivity index (χ2n) is 8.81. The Balaban J connectivity index is 1.55. The highest BCUT2D eigenvalue weighted by Crippen LogP contribution is 2.26. The average Bonchev–Trinajstić information content (AvgIpc) is 3.50. The van der Waals surface area contributed by atoms with Gasteiger partial charge in [-0.25, -0.2) is 0 Å². The van der Waals surface area contributed by atoms with Crippen molar-refractivity contribution < 1.29 is 14.4 Å². The van der Waals surface area contributed by atoms with Gasteiger partial charge in [-0.1, -0.05) is 61.4 Å². The number of amides is 3. The summed E-state index contributed by atoms with van der Waals surface area (Å²) in [7, 11) is 0. The van der Waals surface area contributed by atoms with E-state index in [1.165, 1.54) is 0 Å². The summed E-state index contributed by atoms with van der Waals surface area (Å²) in [6.07, 6.45) is 5.72. The maximum absolute atomic E-state index is 13.7. The molecule has 2 N–H and O–H groups in total. The van der Waals surface area contributed by atoms with Gasteiger partial charge < -0.3 is 15.5 Å². The minimum absolute atomic E-state index is 0.0696. The minimum atomic E-state index is -0.844. The van der Waals surface area contributed by atoms with Gasteiger partial charge in [0.15, 0.2) is 0 Å². The van der Waals surface area contributed by atoms with Crippen LogP contribution in [0, 0.1) is 6.92 Å². The summed E-state index contributed by atoms with van der Waals surface area (Å²) in [5, 5.41) is 6.08. The van der Waals surface area contributed by atoms with E-state index >= 15 is 0 Å². The summed E-state index contributed by atoms with van der Waals surface area (Å²) in [4.78, 5) is 41.4. The zero-order chi connectivity index (χ0) is 22.5. The van der Waals surface area contributed by atoms with Crippen LogP contribution in [0.3, 0.4) is 0 Å². The summed E-state index contributed by atoms with van der Waals surface area (Å²) in [5.41, 5.74) is 2.10. The van der Waals surface area contributed by atoms with Crippen molar-refractivity contribution in [2.75, 3.05) is 6.54 Å². The molecule has 1 aliphatic heterocycles. The van der Waals surface area contributed by atoms with Gasteiger partial charge in [0.1, 0.15) is 12.1 Å². The van der Waals surface area contributed by atoms with Gasteiger partial charge in [-0.15, -0.1) is 0 Å². The van der Waals surface area contributed by atoms with Crippen molar-refractivity contribution >= 4 is 17.7 Å². The molecule has 4 rings (SSSR count). The fraction of sp³-hybridized carbons (Fsp3) is 0.423. The van der Waals surface area contributed by atoms with Gasteiger partial charge in [-0.3, -0.25) is 14.4 Å². The molecule has 0 bridgehead atoms. The molecular formula is C26H31N3O3. The number of carbonyl (C=O) groups excluding carboxylic acids is 3. The second kappa shape index (κ2) is 9.98. The lowest BCUT2D eigenvalue weighted by atomic mass is 10.0. The lowest BCUT2D eigenvalue weighted by Gasteiger charge is -2.29. The van der Waals surface area contributed by atoms with E-state index in [1.54, 1.807) is 11.0 Å². The van der Waals surface area contributed by atoms with E-state index in [0.29, 0.717) is 24.1 Å². The predicted octanol–water partition coefficient (Wildman–Crippen LogP) is 3.52.